The van der Waals surface area contributed by atoms with E-state index in [0.29, 0.717) is 5.82 Å². The van der Waals surface area contributed by atoms with E-state index in [1.165, 1.54) is 125 Å². The van der Waals surface area contributed by atoms with Crippen molar-refractivity contribution in [1.29, 1.82) is 0 Å². The quantitative estimate of drug-likeness (QED) is 0.0904. The zero-order valence-corrected chi connectivity index (χ0v) is 49.3. The second-order valence-electron chi connectivity index (χ2n) is 24.7. The zero-order chi connectivity index (χ0) is 59.4. The fraction of sp³-hybridized carbons (Fsp3) is 0. The molecule has 2 aliphatic heterocycles. The van der Waals surface area contributed by atoms with E-state index in [9.17, 15) is 0 Å². The van der Waals surface area contributed by atoms with Crippen molar-refractivity contribution in [3.63, 3.8) is 0 Å². The lowest BCUT2D eigenvalue weighted by atomic mass is 9.33. The summed E-state index contributed by atoms with van der Waals surface area (Å²) in [6, 6.07) is 115. The number of benzene rings is 17. The van der Waals surface area contributed by atoms with Gasteiger partial charge in [0.05, 0.1) is 11.4 Å². The van der Waals surface area contributed by atoms with Gasteiger partial charge >= 0.3 is 0 Å². The average Bonchev–Trinajstić information content (AvgIpc) is 0.698. The minimum absolute atomic E-state index is 0.249. The first-order valence-corrected chi connectivity index (χ1v) is 31.5. The number of rotatable bonds is 7. The first-order chi connectivity index (χ1) is 45.1. The molecule has 0 saturated carbocycles. The first-order valence-electron chi connectivity index (χ1n) is 31.5. The number of hydrogen-bond acceptors (Lipinski definition) is 4. The maximum Gasteiger partial charge on any atom is 0.252 e. The van der Waals surface area contributed by atoms with Crippen LogP contribution in [-0.2, 0) is 0 Å². The van der Waals surface area contributed by atoms with Gasteiger partial charge in [-0.25, -0.2) is 9.97 Å². The second kappa shape index (κ2) is 19.3. The molecule has 17 aromatic carbocycles. The molecule has 3 heterocycles. The van der Waals surface area contributed by atoms with E-state index in [2.05, 4.69) is 319 Å². The van der Waals surface area contributed by atoms with E-state index in [1.54, 1.807) is 0 Å². The Morgan fingerprint density at radius 3 is 0.967 bits per heavy atom. The molecule has 1 aromatic heterocycles. The SMILES string of the molecule is c1ccc(-c2ccc(N3c4cc(-c5nc(-c6ccccc6)cc(-c6ccccc6)n5)cc5c4B(c4cc6c7cccc8cccc(c9cccc(c43)c96)c87)c3cc4c6cccc7cccc(c8cccc(c3N5c3ccc(-c5ccccc5)cc3)c84)c76)cc2)cc1. The van der Waals surface area contributed by atoms with Crippen molar-refractivity contribution in [2.45, 2.75) is 0 Å². The maximum atomic E-state index is 5.65. The Hall–Kier alpha value is -11.9. The van der Waals surface area contributed by atoms with Crippen molar-refractivity contribution >= 4 is 143 Å². The largest absolute Gasteiger partial charge is 0.311 e. The van der Waals surface area contributed by atoms with Crippen molar-refractivity contribution < 1.29 is 0 Å². The molecule has 0 N–H and O–H groups in total. The van der Waals surface area contributed by atoms with Crippen molar-refractivity contribution in [2.24, 2.45) is 0 Å². The molecule has 2 aliphatic rings. The molecular formula is C86H51BN4. The Kier molecular flexibility index (Phi) is 10.6. The van der Waals surface area contributed by atoms with Gasteiger partial charge in [-0.15, -0.1) is 0 Å². The molecule has 0 saturated heterocycles. The van der Waals surface area contributed by atoms with Crippen LogP contribution < -0.4 is 26.2 Å². The van der Waals surface area contributed by atoms with Crippen LogP contribution in [0.5, 0.6) is 0 Å². The van der Waals surface area contributed by atoms with Crippen LogP contribution in [0.2, 0.25) is 0 Å². The summed E-state index contributed by atoms with van der Waals surface area (Å²) in [5, 5.41) is 20.1. The van der Waals surface area contributed by atoms with Crippen LogP contribution in [-0.4, -0.2) is 16.7 Å². The molecule has 0 aliphatic carbocycles. The minimum atomic E-state index is -0.249. The van der Waals surface area contributed by atoms with Gasteiger partial charge in [0, 0.05) is 61.6 Å². The Balaban J connectivity index is 0.975. The normalized spacial score (nSPS) is 12.8. The third-order valence-corrected chi connectivity index (χ3v) is 19.9. The summed E-state index contributed by atoms with van der Waals surface area (Å²) in [4.78, 5) is 16.5. The Morgan fingerprint density at radius 1 is 0.242 bits per heavy atom. The van der Waals surface area contributed by atoms with Crippen LogP contribution in [0.25, 0.3) is 142 Å². The summed E-state index contributed by atoms with van der Waals surface area (Å²) >= 11 is 0. The monoisotopic (exact) mass is 1150 g/mol. The highest BCUT2D eigenvalue weighted by molar-refractivity contribution is 7.01. The fourth-order valence-electron chi connectivity index (χ4n) is 16.0. The summed E-state index contributed by atoms with van der Waals surface area (Å²) in [6.07, 6.45) is 0. The number of aromatic nitrogens is 2. The third kappa shape index (κ3) is 7.34. The lowest BCUT2D eigenvalue weighted by Gasteiger charge is -2.45. The predicted octanol–water partition coefficient (Wildman–Crippen LogP) is 21.0. The molecule has 418 valence electrons. The molecule has 20 rings (SSSR count). The number of hydrogen-bond donors (Lipinski definition) is 0. The maximum absolute atomic E-state index is 5.65. The van der Waals surface area contributed by atoms with E-state index >= 15 is 0 Å². The highest BCUT2D eigenvalue weighted by atomic mass is 15.2. The highest BCUT2D eigenvalue weighted by Crippen LogP contribution is 2.53. The van der Waals surface area contributed by atoms with Gasteiger partial charge in [0.2, 0.25) is 0 Å². The van der Waals surface area contributed by atoms with Gasteiger partial charge in [0.15, 0.2) is 5.82 Å². The van der Waals surface area contributed by atoms with Crippen LogP contribution in [0, 0.1) is 0 Å². The Bertz CT molecular complexity index is 5620. The Morgan fingerprint density at radius 2 is 0.571 bits per heavy atom. The summed E-state index contributed by atoms with van der Waals surface area (Å²) in [6.45, 7) is -0.249. The van der Waals surface area contributed by atoms with Crippen molar-refractivity contribution in [3.8, 4) is 56.2 Å². The van der Waals surface area contributed by atoms with Crippen molar-refractivity contribution in [2.75, 3.05) is 9.80 Å². The molecule has 0 fully saturated rings. The molecule has 0 atom stereocenters. The first kappa shape index (κ1) is 50.1. The second-order valence-corrected chi connectivity index (χ2v) is 24.7. The molecule has 0 unspecified atom stereocenters. The predicted molar refractivity (Wildman–Crippen MR) is 386 cm³/mol. The van der Waals surface area contributed by atoms with Gasteiger partial charge in [0.1, 0.15) is 0 Å². The van der Waals surface area contributed by atoms with E-state index in [4.69, 9.17) is 9.97 Å². The smallest absolute Gasteiger partial charge is 0.252 e. The van der Waals surface area contributed by atoms with E-state index < -0.39 is 0 Å². The van der Waals surface area contributed by atoms with Gasteiger partial charge < -0.3 is 9.80 Å². The molecule has 0 bridgehead atoms. The Labute approximate surface area is 525 Å². The molecule has 18 aromatic rings. The van der Waals surface area contributed by atoms with Crippen molar-refractivity contribution in [1.82, 2.24) is 9.97 Å². The molecule has 5 heteroatoms. The lowest BCUT2D eigenvalue weighted by molar-refractivity contribution is 1.18. The standard InChI is InChI=1S/C86H51BN4/c1-5-19-52(20-6-1)54-39-43-61(44-40-54)90-77-47-60(86-88-75(56-23-9-3-10-24-56)51-76(89-86)57-25-11-4-12-26-57)48-78-83(77)87(73-49-71-67-33-15-29-58-27-13-31-63(79(58)67)65-35-17-37-69(81(65)71)84(73)90)74-50-72-68-34-16-30-59-28-14-32-64(80(59)68)66-36-18-38-70(82(66)72)85(74)91(78)62-45-41-55(42-46-62)53-21-7-2-8-22-53/h1-51H. The van der Waals surface area contributed by atoms with Gasteiger partial charge in [-0.3, -0.25) is 0 Å². The van der Waals surface area contributed by atoms with E-state index in [1.807, 2.05) is 0 Å². The lowest BCUT2D eigenvalue weighted by Crippen LogP contribution is -2.61. The topological polar surface area (TPSA) is 32.3 Å². The van der Waals surface area contributed by atoms with Gasteiger partial charge in [-0.1, -0.05) is 267 Å². The highest BCUT2D eigenvalue weighted by Gasteiger charge is 2.46. The summed E-state index contributed by atoms with van der Waals surface area (Å²) in [7, 11) is 0. The average molecular weight is 1150 g/mol. The molecular weight excluding hydrogens is 1100 g/mol. The third-order valence-electron chi connectivity index (χ3n) is 19.9. The summed E-state index contributed by atoms with van der Waals surface area (Å²) in [5.41, 5.74) is 19.7. The number of anilines is 6. The zero-order valence-electron chi connectivity index (χ0n) is 49.3. The molecule has 4 nitrogen and oxygen atoms in total. The summed E-state index contributed by atoms with van der Waals surface area (Å²) in [5.74, 6) is 0.648. The van der Waals surface area contributed by atoms with Crippen LogP contribution in [0.1, 0.15) is 0 Å². The number of fused-ring (bicyclic) bond motifs is 10. The van der Waals surface area contributed by atoms with Crippen LogP contribution in [0.15, 0.2) is 309 Å². The van der Waals surface area contributed by atoms with Gasteiger partial charge in [-0.05, 0) is 157 Å². The van der Waals surface area contributed by atoms with E-state index in [-0.39, 0.29) is 6.71 Å². The van der Waals surface area contributed by atoms with Crippen molar-refractivity contribution in [3.05, 3.63) is 309 Å². The minimum Gasteiger partial charge on any atom is -0.311 e. The number of nitrogens with zero attached hydrogens (tertiary/aromatic N) is 4. The molecule has 0 spiro atoms. The van der Waals surface area contributed by atoms with Gasteiger partial charge in [-0.2, -0.15) is 0 Å². The van der Waals surface area contributed by atoms with Crippen LogP contribution >= 0.6 is 0 Å². The summed E-state index contributed by atoms with van der Waals surface area (Å²) < 4.78 is 0. The fourth-order valence-corrected chi connectivity index (χ4v) is 16.0. The van der Waals surface area contributed by atoms with E-state index in [0.717, 1.165) is 62.0 Å². The van der Waals surface area contributed by atoms with Crippen LogP contribution in [0.4, 0.5) is 34.1 Å². The van der Waals surface area contributed by atoms with Gasteiger partial charge in [0.25, 0.3) is 6.71 Å². The molecule has 0 amide bonds. The molecule has 0 radical (unpaired) electrons. The molecule has 91 heavy (non-hydrogen) atoms. The van der Waals surface area contributed by atoms with Crippen LogP contribution in [0.3, 0.4) is 0 Å².